The third-order valence-electron chi connectivity index (χ3n) is 4.07. The number of aliphatic hydroxyl groups is 1. The molecular weight excluding hydrogens is 328 g/mol. The Balaban J connectivity index is 1.79. The van der Waals surface area contributed by atoms with Gasteiger partial charge in [0.25, 0.3) is 0 Å². The van der Waals surface area contributed by atoms with Crippen LogP contribution in [0.3, 0.4) is 0 Å². The molecule has 2 rings (SSSR count). The van der Waals surface area contributed by atoms with Crippen molar-refractivity contribution in [3.63, 3.8) is 0 Å². The van der Waals surface area contributed by atoms with Gasteiger partial charge in [-0.05, 0) is 49.1 Å². The molecule has 1 aromatic rings. The lowest BCUT2D eigenvalue weighted by atomic mass is 10.00. The topological polar surface area (TPSA) is 100 Å². The maximum absolute atomic E-state index is 11.7. The molecule has 0 bridgehead atoms. The van der Waals surface area contributed by atoms with Crippen molar-refractivity contribution in [2.45, 2.75) is 38.3 Å². The van der Waals surface area contributed by atoms with Crippen LogP contribution in [-0.2, 0) is 10.3 Å². The average Bonchev–Trinajstić information content (AvgIpc) is 3.09. The molecule has 1 amide bonds. The number of likely N-dealkylation sites (tertiary alicyclic amines) is 1. The van der Waals surface area contributed by atoms with Crippen molar-refractivity contribution in [1.29, 1.82) is 0 Å². The minimum atomic E-state index is -1.03. The lowest BCUT2D eigenvalue weighted by molar-refractivity contribution is 0.0676. The number of nitrogens with zero attached hydrogens (tertiary/aromatic N) is 2. The number of ether oxygens (including phenoxy) is 1. The third kappa shape index (κ3) is 5.10. The Hall–Kier alpha value is -1.80. The highest BCUT2D eigenvalue weighted by Gasteiger charge is 2.25. The van der Waals surface area contributed by atoms with Gasteiger partial charge in [-0.15, -0.1) is 0 Å². The highest BCUT2D eigenvalue weighted by molar-refractivity contribution is 7.08. The van der Waals surface area contributed by atoms with Crippen molar-refractivity contribution in [2.75, 3.05) is 26.2 Å². The molecule has 1 fully saturated rings. The summed E-state index contributed by atoms with van der Waals surface area (Å²) in [5.74, 6) is 0.320. The van der Waals surface area contributed by atoms with Gasteiger partial charge in [0, 0.05) is 19.1 Å². The molecule has 1 aromatic heterocycles. The van der Waals surface area contributed by atoms with Gasteiger partial charge in [-0.25, -0.2) is 4.79 Å². The maximum atomic E-state index is 11.7. The predicted molar refractivity (Wildman–Crippen MR) is 95.1 cm³/mol. The van der Waals surface area contributed by atoms with Crippen LogP contribution < -0.4 is 11.1 Å². The first kappa shape index (κ1) is 18.5. The van der Waals surface area contributed by atoms with Gasteiger partial charge in [0.1, 0.15) is 5.60 Å². The Bertz CT molecular complexity index is 552. The predicted octanol–water partition coefficient (Wildman–Crippen LogP) is 1.48. The van der Waals surface area contributed by atoms with E-state index in [1.165, 1.54) is 11.3 Å². The maximum Gasteiger partial charge on any atom is 0.409 e. The zero-order chi connectivity index (χ0) is 17.6. The molecule has 1 aliphatic heterocycles. The molecule has 8 heteroatoms. The van der Waals surface area contributed by atoms with Crippen LogP contribution in [0.5, 0.6) is 0 Å². The number of thiophene rings is 1. The standard InChI is InChI=1S/C16H26N4O3S/c1-3-23-15(21)20-7-4-13(5-8-20)19-14(17)18-11-16(2,22)12-6-9-24-10-12/h6,9-10,13,22H,3-5,7-8,11H2,1-2H3,(H3,17,18,19). The number of carbonyl (C=O) groups excluding carboxylic acids is 1. The zero-order valence-electron chi connectivity index (χ0n) is 14.2. The molecule has 0 radical (unpaired) electrons. The van der Waals surface area contributed by atoms with Crippen LogP contribution >= 0.6 is 11.3 Å². The first-order chi connectivity index (χ1) is 11.4. The number of carbonyl (C=O) groups is 1. The molecule has 4 N–H and O–H groups in total. The average molecular weight is 354 g/mol. The fraction of sp³-hybridized carbons (Fsp3) is 0.625. The normalized spacial score (nSPS) is 19.0. The highest BCUT2D eigenvalue weighted by atomic mass is 32.1. The van der Waals surface area contributed by atoms with E-state index in [-0.39, 0.29) is 18.7 Å². The molecule has 24 heavy (non-hydrogen) atoms. The van der Waals surface area contributed by atoms with E-state index in [4.69, 9.17) is 10.5 Å². The van der Waals surface area contributed by atoms with Crippen LogP contribution in [-0.4, -0.2) is 54.3 Å². The molecule has 0 aromatic carbocycles. The van der Waals surface area contributed by atoms with Crippen LogP contribution in [0.4, 0.5) is 4.79 Å². The number of rotatable bonds is 5. The number of hydrogen-bond acceptors (Lipinski definition) is 5. The van der Waals surface area contributed by atoms with E-state index in [9.17, 15) is 9.90 Å². The van der Waals surface area contributed by atoms with Crippen LogP contribution in [0.15, 0.2) is 21.8 Å². The Morgan fingerprint density at radius 3 is 2.88 bits per heavy atom. The summed E-state index contributed by atoms with van der Waals surface area (Å²) in [6, 6.07) is 2.06. The number of guanidine groups is 1. The summed E-state index contributed by atoms with van der Waals surface area (Å²) < 4.78 is 5.00. The van der Waals surface area contributed by atoms with Crippen molar-refractivity contribution in [3.05, 3.63) is 22.4 Å². The summed E-state index contributed by atoms with van der Waals surface area (Å²) in [5.41, 5.74) is 5.74. The highest BCUT2D eigenvalue weighted by Crippen LogP contribution is 2.23. The molecule has 134 valence electrons. The molecule has 1 unspecified atom stereocenters. The largest absolute Gasteiger partial charge is 0.450 e. The molecule has 0 aliphatic carbocycles. The van der Waals surface area contributed by atoms with E-state index in [2.05, 4.69) is 10.3 Å². The number of nitrogens with one attached hydrogen (secondary N) is 1. The number of aliphatic imine (C=N–C) groups is 1. The zero-order valence-corrected chi connectivity index (χ0v) is 15.0. The number of amides is 1. The summed E-state index contributed by atoms with van der Waals surface area (Å²) >= 11 is 1.54. The van der Waals surface area contributed by atoms with Crippen molar-refractivity contribution >= 4 is 23.4 Å². The fourth-order valence-corrected chi connectivity index (χ4v) is 3.36. The Morgan fingerprint density at radius 1 is 1.58 bits per heavy atom. The van der Waals surface area contributed by atoms with E-state index in [0.717, 1.165) is 18.4 Å². The van der Waals surface area contributed by atoms with Gasteiger partial charge in [-0.3, -0.25) is 4.99 Å². The lowest BCUT2D eigenvalue weighted by Gasteiger charge is -2.32. The Kier molecular flexibility index (Phi) is 6.44. The van der Waals surface area contributed by atoms with Crippen molar-refractivity contribution in [2.24, 2.45) is 10.7 Å². The summed E-state index contributed by atoms with van der Waals surface area (Å²) in [5, 5.41) is 17.4. The fourth-order valence-electron chi connectivity index (χ4n) is 2.58. The van der Waals surface area contributed by atoms with Crippen molar-refractivity contribution < 1.29 is 14.6 Å². The van der Waals surface area contributed by atoms with Crippen LogP contribution in [0.25, 0.3) is 0 Å². The molecule has 1 saturated heterocycles. The van der Waals surface area contributed by atoms with Gasteiger partial charge in [-0.2, -0.15) is 11.3 Å². The van der Waals surface area contributed by atoms with Crippen LogP contribution in [0.1, 0.15) is 32.3 Å². The number of nitrogens with two attached hydrogens (primary N) is 1. The van der Waals surface area contributed by atoms with Gasteiger partial charge in [0.15, 0.2) is 5.96 Å². The van der Waals surface area contributed by atoms with E-state index in [0.29, 0.717) is 25.7 Å². The molecule has 1 aliphatic rings. The number of hydrogen-bond donors (Lipinski definition) is 3. The van der Waals surface area contributed by atoms with E-state index >= 15 is 0 Å². The first-order valence-electron chi connectivity index (χ1n) is 8.15. The summed E-state index contributed by atoms with van der Waals surface area (Å²) in [7, 11) is 0. The Labute approximate surface area is 146 Å². The second kappa shape index (κ2) is 8.34. The Morgan fingerprint density at radius 2 is 2.29 bits per heavy atom. The van der Waals surface area contributed by atoms with E-state index in [1.54, 1.807) is 18.7 Å². The second-order valence-corrected chi connectivity index (χ2v) is 6.87. The third-order valence-corrected chi connectivity index (χ3v) is 4.76. The van der Waals surface area contributed by atoms with Crippen molar-refractivity contribution in [1.82, 2.24) is 10.2 Å². The van der Waals surface area contributed by atoms with Gasteiger partial charge >= 0.3 is 6.09 Å². The molecule has 1 atom stereocenters. The summed E-state index contributed by atoms with van der Waals surface area (Å²) in [4.78, 5) is 17.6. The van der Waals surface area contributed by atoms with E-state index < -0.39 is 5.60 Å². The molecule has 0 spiro atoms. The smallest absolute Gasteiger partial charge is 0.409 e. The minimum absolute atomic E-state index is 0.172. The van der Waals surface area contributed by atoms with Gasteiger partial charge in [-0.1, -0.05) is 0 Å². The SMILES string of the molecule is CCOC(=O)N1CCC(NC(N)=NCC(C)(O)c2ccsc2)CC1. The number of piperidine rings is 1. The summed E-state index contributed by atoms with van der Waals surface area (Å²) in [6.07, 6.45) is 1.32. The molecular formula is C16H26N4O3S. The monoisotopic (exact) mass is 354 g/mol. The lowest BCUT2D eigenvalue weighted by Crippen LogP contribution is -2.48. The van der Waals surface area contributed by atoms with Crippen LogP contribution in [0, 0.1) is 0 Å². The second-order valence-electron chi connectivity index (χ2n) is 6.09. The van der Waals surface area contributed by atoms with Crippen molar-refractivity contribution in [3.8, 4) is 0 Å². The minimum Gasteiger partial charge on any atom is -0.450 e. The first-order valence-corrected chi connectivity index (χ1v) is 9.10. The van der Waals surface area contributed by atoms with Crippen LogP contribution in [0.2, 0.25) is 0 Å². The summed E-state index contributed by atoms with van der Waals surface area (Å²) in [6.45, 7) is 5.38. The molecule has 0 saturated carbocycles. The van der Waals surface area contributed by atoms with E-state index in [1.807, 2.05) is 16.8 Å². The van der Waals surface area contributed by atoms with Gasteiger partial charge in [0.2, 0.25) is 0 Å². The quantitative estimate of drug-likeness (QED) is 0.549. The van der Waals surface area contributed by atoms with Gasteiger partial charge < -0.3 is 25.8 Å². The molecule has 2 heterocycles. The van der Waals surface area contributed by atoms with Gasteiger partial charge in [0.05, 0.1) is 13.2 Å². The molecule has 7 nitrogen and oxygen atoms in total.